The fraction of sp³-hybridized carbons (Fsp3) is 1.00. The third-order valence-corrected chi connectivity index (χ3v) is 2.34. The van der Waals surface area contributed by atoms with Gasteiger partial charge in [-0.05, 0) is 33.5 Å². The molecule has 1 fully saturated rings. The van der Waals surface area contributed by atoms with Crippen molar-refractivity contribution < 1.29 is 9.84 Å². The summed E-state index contributed by atoms with van der Waals surface area (Å²) in [7, 11) is 4.14. The van der Waals surface area contributed by atoms with Crippen LogP contribution >= 0.6 is 0 Å². The summed E-state index contributed by atoms with van der Waals surface area (Å²) in [6, 6.07) is 0. The highest BCUT2D eigenvalue weighted by Gasteiger charge is 2.25. The summed E-state index contributed by atoms with van der Waals surface area (Å²) in [5, 5.41) is 9.42. The normalized spacial score (nSPS) is 30.0. The van der Waals surface area contributed by atoms with Gasteiger partial charge in [-0.25, -0.2) is 0 Å². The van der Waals surface area contributed by atoms with Gasteiger partial charge in [0.1, 0.15) is 0 Å². The zero-order valence-corrected chi connectivity index (χ0v) is 7.99. The van der Waals surface area contributed by atoms with Crippen molar-refractivity contribution in [2.24, 2.45) is 5.92 Å². The van der Waals surface area contributed by atoms with E-state index in [2.05, 4.69) is 19.0 Å². The third-order valence-electron chi connectivity index (χ3n) is 2.34. The molecule has 0 radical (unpaired) electrons. The number of hydrogen-bond acceptors (Lipinski definition) is 3. The van der Waals surface area contributed by atoms with Crippen LogP contribution in [-0.2, 0) is 4.74 Å². The second-order valence-electron chi connectivity index (χ2n) is 3.81. The number of aliphatic hydroxyl groups is 1. The van der Waals surface area contributed by atoms with Gasteiger partial charge in [0, 0.05) is 5.92 Å². The van der Waals surface area contributed by atoms with E-state index in [4.69, 9.17) is 4.74 Å². The molecule has 0 aromatic rings. The quantitative estimate of drug-likeness (QED) is 0.665. The van der Waals surface area contributed by atoms with Crippen molar-refractivity contribution in [1.29, 1.82) is 0 Å². The standard InChI is InChI=1S/C9H19NO2/c1-10(2)5-3-4-8-6-12-7-9(8)11/h8-9,11H,3-7H2,1-2H3. The number of hydrogen-bond donors (Lipinski definition) is 1. The predicted octanol–water partition coefficient (Wildman–Crippen LogP) is 0.335. The highest BCUT2D eigenvalue weighted by Crippen LogP contribution is 2.18. The average Bonchev–Trinajstić information content (AvgIpc) is 2.36. The Morgan fingerprint density at radius 1 is 1.42 bits per heavy atom. The minimum absolute atomic E-state index is 0.216. The van der Waals surface area contributed by atoms with Crippen LogP contribution < -0.4 is 0 Å². The summed E-state index contributed by atoms with van der Waals surface area (Å²) in [6.07, 6.45) is 2.02. The summed E-state index contributed by atoms with van der Waals surface area (Å²) < 4.78 is 5.16. The molecule has 2 unspecified atom stereocenters. The minimum Gasteiger partial charge on any atom is -0.390 e. The molecule has 1 saturated heterocycles. The van der Waals surface area contributed by atoms with E-state index in [1.807, 2.05) is 0 Å². The van der Waals surface area contributed by atoms with E-state index in [1.54, 1.807) is 0 Å². The Kier molecular flexibility index (Phi) is 3.98. The van der Waals surface area contributed by atoms with Crippen LogP contribution in [0, 0.1) is 5.92 Å². The van der Waals surface area contributed by atoms with Gasteiger partial charge >= 0.3 is 0 Å². The maximum Gasteiger partial charge on any atom is 0.0823 e. The Labute approximate surface area is 74.3 Å². The molecule has 0 spiro atoms. The molecular weight excluding hydrogens is 154 g/mol. The molecule has 1 N–H and O–H groups in total. The number of aliphatic hydroxyl groups excluding tert-OH is 1. The smallest absolute Gasteiger partial charge is 0.0823 e. The van der Waals surface area contributed by atoms with Gasteiger partial charge in [0.15, 0.2) is 0 Å². The van der Waals surface area contributed by atoms with Crippen LogP contribution in [0.15, 0.2) is 0 Å². The lowest BCUT2D eigenvalue weighted by atomic mass is 10.0. The van der Waals surface area contributed by atoms with Gasteiger partial charge in [0.25, 0.3) is 0 Å². The number of nitrogens with zero attached hydrogens (tertiary/aromatic N) is 1. The number of rotatable bonds is 4. The first kappa shape index (κ1) is 9.96. The highest BCUT2D eigenvalue weighted by atomic mass is 16.5. The topological polar surface area (TPSA) is 32.7 Å². The molecule has 2 atom stereocenters. The van der Waals surface area contributed by atoms with Crippen molar-refractivity contribution >= 4 is 0 Å². The fourth-order valence-corrected chi connectivity index (χ4v) is 1.53. The number of ether oxygens (including phenoxy) is 1. The summed E-state index contributed by atoms with van der Waals surface area (Å²) >= 11 is 0. The van der Waals surface area contributed by atoms with E-state index in [0.29, 0.717) is 12.5 Å². The molecule has 0 bridgehead atoms. The lowest BCUT2D eigenvalue weighted by Gasteiger charge is -2.14. The van der Waals surface area contributed by atoms with Crippen LogP contribution in [0.25, 0.3) is 0 Å². The van der Waals surface area contributed by atoms with Crippen LogP contribution in [0.2, 0.25) is 0 Å². The van der Waals surface area contributed by atoms with E-state index in [-0.39, 0.29) is 6.10 Å². The van der Waals surface area contributed by atoms with E-state index >= 15 is 0 Å². The van der Waals surface area contributed by atoms with Crippen LogP contribution in [0.4, 0.5) is 0 Å². The van der Waals surface area contributed by atoms with E-state index in [9.17, 15) is 5.11 Å². The molecule has 0 amide bonds. The molecule has 72 valence electrons. The van der Waals surface area contributed by atoms with Crippen molar-refractivity contribution in [2.45, 2.75) is 18.9 Å². The zero-order valence-electron chi connectivity index (χ0n) is 7.99. The predicted molar refractivity (Wildman–Crippen MR) is 48.1 cm³/mol. The SMILES string of the molecule is CN(C)CCCC1COCC1O. The second-order valence-corrected chi connectivity index (χ2v) is 3.81. The van der Waals surface area contributed by atoms with E-state index < -0.39 is 0 Å². The molecule has 3 heteroatoms. The minimum atomic E-state index is -0.216. The van der Waals surface area contributed by atoms with Crippen LogP contribution in [0.1, 0.15) is 12.8 Å². The Morgan fingerprint density at radius 2 is 2.17 bits per heavy atom. The molecule has 0 saturated carbocycles. The van der Waals surface area contributed by atoms with Crippen LogP contribution in [-0.4, -0.2) is 50.0 Å². The third kappa shape index (κ3) is 3.09. The van der Waals surface area contributed by atoms with E-state index in [1.165, 1.54) is 0 Å². The first-order valence-corrected chi connectivity index (χ1v) is 4.60. The fourth-order valence-electron chi connectivity index (χ4n) is 1.53. The largest absolute Gasteiger partial charge is 0.390 e. The summed E-state index contributed by atoms with van der Waals surface area (Å²) in [5.74, 6) is 0.380. The molecule has 1 aliphatic heterocycles. The Morgan fingerprint density at radius 3 is 2.67 bits per heavy atom. The van der Waals surface area contributed by atoms with E-state index in [0.717, 1.165) is 26.0 Å². The summed E-state index contributed by atoms with van der Waals surface area (Å²) in [5.41, 5.74) is 0. The lowest BCUT2D eigenvalue weighted by Crippen LogP contribution is -2.20. The monoisotopic (exact) mass is 173 g/mol. The van der Waals surface area contributed by atoms with Gasteiger partial charge in [-0.15, -0.1) is 0 Å². The van der Waals surface area contributed by atoms with Gasteiger partial charge in [0.05, 0.1) is 19.3 Å². The van der Waals surface area contributed by atoms with Crippen molar-refractivity contribution in [2.75, 3.05) is 33.9 Å². The van der Waals surface area contributed by atoms with Crippen LogP contribution in [0.3, 0.4) is 0 Å². The molecule has 0 aromatic carbocycles. The van der Waals surface area contributed by atoms with Crippen LogP contribution in [0.5, 0.6) is 0 Å². The summed E-state index contributed by atoms with van der Waals surface area (Å²) in [4.78, 5) is 2.17. The molecule has 1 heterocycles. The highest BCUT2D eigenvalue weighted by molar-refractivity contribution is 4.73. The Hall–Kier alpha value is -0.120. The van der Waals surface area contributed by atoms with Gasteiger partial charge in [-0.2, -0.15) is 0 Å². The molecule has 0 aliphatic carbocycles. The molecule has 1 aliphatic rings. The molecule has 12 heavy (non-hydrogen) atoms. The first-order valence-electron chi connectivity index (χ1n) is 4.60. The molecule has 1 rings (SSSR count). The van der Waals surface area contributed by atoms with Crippen molar-refractivity contribution in [1.82, 2.24) is 4.90 Å². The van der Waals surface area contributed by atoms with Crippen molar-refractivity contribution in [3.63, 3.8) is 0 Å². The lowest BCUT2D eigenvalue weighted by molar-refractivity contribution is 0.116. The Balaban J connectivity index is 2.06. The Bertz CT molecular complexity index is 128. The first-order chi connectivity index (χ1) is 5.70. The maximum atomic E-state index is 9.42. The maximum absolute atomic E-state index is 9.42. The van der Waals surface area contributed by atoms with Crippen molar-refractivity contribution in [3.8, 4) is 0 Å². The van der Waals surface area contributed by atoms with Gasteiger partial charge in [-0.3, -0.25) is 0 Å². The van der Waals surface area contributed by atoms with Gasteiger partial charge < -0.3 is 14.7 Å². The molecule has 3 nitrogen and oxygen atoms in total. The van der Waals surface area contributed by atoms with Crippen molar-refractivity contribution in [3.05, 3.63) is 0 Å². The second kappa shape index (κ2) is 4.80. The average molecular weight is 173 g/mol. The molecular formula is C9H19NO2. The summed E-state index contributed by atoms with van der Waals surface area (Å²) in [6.45, 7) is 2.38. The van der Waals surface area contributed by atoms with Gasteiger partial charge in [0.2, 0.25) is 0 Å². The zero-order chi connectivity index (χ0) is 8.97. The molecule has 0 aromatic heterocycles. The van der Waals surface area contributed by atoms with Gasteiger partial charge in [-0.1, -0.05) is 0 Å².